The molecule has 0 spiro atoms. The van der Waals surface area contributed by atoms with Crippen LogP contribution in [0, 0.1) is 0 Å². The Balaban J connectivity index is 2.30. The maximum absolute atomic E-state index is 11.5. The third-order valence-electron chi connectivity index (χ3n) is 2.40. The van der Waals surface area contributed by atoms with Gasteiger partial charge in [-0.25, -0.2) is 13.1 Å². The van der Waals surface area contributed by atoms with Gasteiger partial charge in [0.15, 0.2) is 0 Å². The second kappa shape index (κ2) is 5.92. The van der Waals surface area contributed by atoms with Crippen molar-refractivity contribution in [2.45, 2.75) is 18.9 Å². The first-order chi connectivity index (χ1) is 7.47. The molecule has 0 amide bonds. The fourth-order valence-corrected chi connectivity index (χ4v) is 2.34. The van der Waals surface area contributed by atoms with Crippen LogP contribution in [-0.4, -0.2) is 57.9 Å². The molecule has 0 saturated carbocycles. The number of aliphatic hydroxyl groups is 1. The van der Waals surface area contributed by atoms with Gasteiger partial charge in [-0.05, 0) is 6.92 Å². The molecule has 96 valence electrons. The van der Waals surface area contributed by atoms with Crippen molar-refractivity contribution in [1.29, 1.82) is 0 Å². The highest BCUT2D eigenvalue weighted by Crippen LogP contribution is 2.17. The first kappa shape index (κ1) is 13.9. The van der Waals surface area contributed by atoms with Crippen LogP contribution in [0.25, 0.3) is 0 Å². The van der Waals surface area contributed by atoms with Crippen LogP contribution >= 0.6 is 0 Å². The van der Waals surface area contributed by atoms with Gasteiger partial charge in [-0.1, -0.05) is 0 Å². The molecule has 1 saturated heterocycles. The van der Waals surface area contributed by atoms with E-state index in [4.69, 9.17) is 9.47 Å². The molecule has 1 aliphatic heterocycles. The van der Waals surface area contributed by atoms with Gasteiger partial charge in [0.25, 0.3) is 0 Å². The minimum atomic E-state index is -3.37. The third-order valence-corrected chi connectivity index (χ3v) is 3.69. The topological polar surface area (TPSA) is 84.9 Å². The Morgan fingerprint density at radius 1 is 1.56 bits per heavy atom. The lowest BCUT2D eigenvalue weighted by atomic mass is 10.1. The van der Waals surface area contributed by atoms with Crippen LogP contribution < -0.4 is 4.72 Å². The Morgan fingerprint density at radius 2 is 2.31 bits per heavy atom. The van der Waals surface area contributed by atoms with Crippen LogP contribution in [0.5, 0.6) is 0 Å². The van der Waals surface area contributed by atoms with Crippen LogP contribution in [0.4, 0.5) is 0 Å². The fourth-order valence-electron chi connectivity index (χ4n) is 1.37. The maximum atomic E-state index is 11.5. The number of hydrogen-bond acceptors (Lipinski definition) is 5. The van der Waals surface area contributed by atoms with Crippen molar-refractivity contribution in [1.82, 2.24) is 4.72 Å². The molecule has 0 bridgehead atoms. The molecule has 1 unspecified atom stereocenters. The largest absolute Gasteiger partial charge is 0.386 e. The van der Waals surface area contributed by atoms with Crippen molar-refractivity contribution in [2.24, 2.45) is 0 Å². The summed E-state index contributed by atoms with van der Waals surface area (Å²) < 4.78 is 35.3. The first-order valence-corrected chi connectivity index (χ1v) is 6.98. The van der Waals surface area contributed by atoms with E-state index < -0.39 is 15.6 Å². The minimum absolute atomic E-state index is 0.00145. The third kappa shape index (κ3) is 4.75. The summed E-state index contributed by atoms with van der Waals surface area (Å²) in [6.07, 6.45) is 0.459. The summed E-state index contributed by atoms with van der Waals surface area (Å²) in [6, 6.07) is 0. The Hall–Kier alpha value is -0.210. The molecule has 0 aromatic rings. The average Bonchev–Trinajstić information content (AvgIpc) is 2.64. The van der Waals surface area contributed by atoms with Gasteiger partial charge in [0.05, 0.1) is 19.0 Å². The van der Waals surface area contributed by atoms with Gasteiger partial charge < -0.3 is 14.6 Å². The predicted molar refractivity (Wildman–Crippen MR) is 58.7 cm³/mol. The zero-order chi connectivity index (χ0) is 12.1. The van der Waals surface area contributed by atoms with E-state index in [2.05, 4.69) is 4.72 Å². The quantitative estimate of drug-likeness (QED) is 0.574. The van der Waals surface area contributed by atoms with Crippen molar-refractivity contribution < 1.29 is 23.0 Å². The summed E-state index contributed by atoms with van der Waals surface area (Å²) in [4.78, 5) is 0. The van der Waals surface area contributed by atoms with Crippen LogP contribution in [0.2, 0.25) is 0 Å². The number of nitrogens with one attached hydrogen (secondary N) is 1. The molecule has 1 heterocycles. The lowest BCUT2D eigenvalue weighted by Crippen LogP contribution is -2.44. The lowest BCUT2D eigenvalue weighted by molar-refractivity contribution is 0.0314. The summed E-state index contributed by atoms with van der Waals surface area (Å²) in [7, 11) is -3.37. The molecule has 1 rings (SSSR count). The molecular weight excluding hydrogens is 234 g/mol. The molecule has 1 aliphatic rings. The molecule has 16 heavy (non-hydrogen) atoms. The van der Waals surface area contributed by atoms with Crippen molar-refractivity contribution in [3.05, 3.63) is 0 Å². The van der Waals surface area contributed by atoms with E-state index in [1.807, 2.05) is 0 Å². The SMILES string of the molecule is CCOCCS(=O)(=O)NCC1(O)CCOC1. The van der Waals surface area contributed by atoms with E-state index in [1.54, 1.807) is 6.92 Å². The number of sulfonamides is 1. The summed E-state index contributed by atoms with van der Waals surface area (Å²) in [5.74, 6) is -0.0855. The van der Waals surface area contributed by atoms with Gasteiger partial charge in [-0.2, -0.15) is 0 Å². The molecule has 0 aromatic heterocycles. The lowest BCUT2D eigenvalue weighted by Gasteiger charge is -2.20. The predicted octanol–water partition coefficient (Wildman–Crippen LogP) is -0.906. The summed E-state index contributed by atoms with van der Waals surface area (Å²) in [5.41, 5.74) is -1.06. The summed E-state index contributed by atoms with van der Waals surface area (Å²) in [6.45, 7) is 3.12. The highest BCUT2D eigenvalue weighted by atomic mass is 32.2. The van der Waals surface area contributed by atoms with Crippen LogP contribution in [0.15, 0.2) is 0 Å². The van der Waals surface area contributed by atoms with Crippen molar-refractivity contribution >= 4 is 10.0 Å². The Morgan fingerprint density at radius 3 is 2.88 bits per heavy atom. The zero-order valence-electron chi connectivity index (χ0n) is 9.44. The van der Waals surface area contributed by atoms with Gasteiger partial charge in [-0.3, -0.25) is 0 Å². The van der Waals surface area contributed by atoms with Crippen LogP contribution in [0.1, 0.15) is 13.3 Å². The molecule has 2 N–H and O–H groups in total. The zero-order valence-corrected chi connectivity index (χ0v) is 10.3. The van der Waals surface area contributed by atoms with Gasteiger partial charge >= 0.3 is 0 Å². The number of hydrogen-bond donors (Lipinski definition) is 2. The van der Waals surface area contributed by atoms with E-state index in [9.17, 15) is 13.5 Å². The molecule has 0 aromatic carbocycles. The van der Waals surface area contributed by atoms with Crippen molar-refractivity contribution in [2.75, 3.05) is 38.7 Å². The van der Waals surface area contributed by atoms with E-state index in [0.29, 0.717) is 19.6 Å². The number of ether oxygens (including phenoxy) is 2. The molecule has 7 heteroatoms. The maximum Gasteiger partial charge on any atom is 0.213 e. The smallest absolute Gasteiger partial charge is 0.213 e. The monoisotopic (exact) mass is 253 g/mol. The molecule has 1 atom stereocenters. The second-order valence-corrected chi connectivity index (χ2v) is 5.79. The average molecular weight is 253 g/mol. The van der Waals surface area contributed by atoms with E-state index in [-0.39, 0.29) is 25.5 Å². The minimum Gasteiger partial charge on any atom is -0.386 e. The van der Waals surface area contributed by atoms with Gasteiger partial charge in [0, 0.05) is 26.2 Å². The number of rotatable bonds is 7. The summed E-state index contributed by atoms with van der Waals surface area (Å²) in [5, 5.41) is 9.84. The second-order valence-electron chi connectivity index (χ2n) is 3.86. The molecular formula is C9H19NO5S. The summed E-state index contributed by atoms with van der Waals surface area (Å²) >= 11 is 0. The first-order valence-electron chi connectivity index (χ1n) is 5.33. The standard InChI is InChI=1S/C9H19NO5S/c1-2-14-5-6-16(12,13)10-7-9(11)3-4-15-8-9/h10-11H,2-8H2,1H3. The fraction of sp³-hybridized carbons (Fsp3) is 1.00. The van der Waals surface area contributed by atoms with E-state index in [1.165, 1.54) is 0 Å². The van der Waals surface area contributed by atoms with Crippen molar-refractivity contribution in [3.63, 3.8) is 0 Å². The molecule has 6 nitrogen and oxygen atoms in total. The van der Waals surface area contributed by atoms with E-state index >= 15 is 0 Å². The van der Waals surface area contributed by atoms with Crippen molar-refractivity contribution in [3.8, 4) is 0 Å². The molecule has 0 radical (unpaired) electrons. The van der Waals surface area contributed by atoms with Gasteiger partial charge in [0.1, 0.15) is 5.60 Å². The highest BCUT2D eigenvalue weighted by Gasteiger charge is 2.33. The Kier molecular flexibility index (Phi) is 5.13. The Bertz CT molecular complexity index is 297. The Labute approximate surface area is 96.0 Å². The molecule has 1 fully saturated rings. The van der Waals surface area contributed by atoms with Crippen LogP contribution in [-0.2, 0) is 19.5 Å². The highest BCUT2D eigenvalue weighted by molar-refractivity contribution is 7.89. The van der Waals surface area contributed by atoms with Gasteiger partial charge in [0.2, 0.25) is 10.0 Å². The molecule has 0 aliphatic carbocycles. The van der Waals surface area contributed by atoms with E-state index in [0.717, 1.165) is 0 Å². The van der Waals surface area contributed by atoms with Gasteiger partial charge in [-0.15, -0.1) is 0 Å². The normalized spacial score (nSPS) is 26.1. The van der Waals surface area contributed by atoms with Crippen LogP contribution in [0.3, 0.4) is 0 Å².